The Morgan fingerprint density at radius 1 is 1.16 bits per heavy atom. The number of nitrogens with one attached hydrogen (secondary N) is 1. The average Bonchev–Trinajstić information content (AvgIpc) is 3.41. The number of allylic oxidation sites excluding steroid dienone is 3. The summed E-state index contributed by atoms with van der Waals surface area (Å²) in [6.07, 6.45) is 2.19. The summed E-state index contributed by atoms with van der Waals surface area (Å²) in [5, 5.41) is 15.0. The van der Waals surface area contributed by atoms with Crippen molar-refractivity contribution in [3.8, 4) is 0 Å². The van der Waals surface area contributed by atoms with Crippen LogP contribution >= 0.6 is 0 Å². The van der Waals surface area contributed by atoms with Crippen molar-refractivity contribution in [3.63, 3.8) is 0 Å². The first-order chi connectivity index (χ1) is 18.2. The van der Waals surface area contributed by atoms with E-state index < -0.39 is 16.8 Å². The van der Waals surface area contributed by atoms with Crippen LogP contribution in [0.1, 0.15) is 61.1 Å². The van der Waals surface area contributed by atoms with Crippen LogP contribution in [0.5, 0.6) is 0 Å². The Morgan fingerprint density at radius 3 is 2.58 bits per heavy atom. The molecular weight excluding hydrogens is 491 g/mol. The number of benzene rings is 2. The Morgan fingerprint density at radius 2 is 1.89 bits per heavy atom. The molecule has 0 radical (unpaired) electrons. The highest BCUT2D eigenvalue weighted by molar-refractivity contribution is 6.04. The van der Waals surface area contributed by atoms with E-state index in [1.807, 2.05) is 0 Å². The SMILES string of the molecule is CC1=C(C(=O)OC[C@@H]2CCCO2)[C@H](c2ccc(C)c([N+](=O)[O-])c2)C2=C(C[C@@H](c3ccc(F)cc3)CC2=O)N1. The van der Waals surface area contributed by atoms with E-state index in [1.54, 1.807) is 38.1 Å². The van der Waals surface area contributed by atoms with E-state index >= 15 is 0 Å². The van der Waals surface area contributed by atoms with Crippen molar-refractivity contribution in [3.05, 3.63) is 97.6 Å². The van der Waals surface area contributed by atoms with Crippen molar-refractivity contribution >= 4 is 17.4 Å². The minimum absolute atomic E-state index is 0.0830. The number of nitro benzene ring substituents is 1. The molecule has 2 aromatic rings. The lowest BCUT2D eigenvalue weighted by molar-refractivity contribution is -0.385. The molecule has 38 heavy (non-hydrogen) atoms. The number of ether oxygens (including phenoxy) is 2. The fraction of sp³-hybridized carbons (Fsp3) is 0.379. The van der Waals surface area contributed by atoms with Crippen LogP contribution in [0, 0.1) is 22.9 Å². The second-order valence-electron chi connectivity index (χ2n) is 10.1. The van der Waals surface area contributed by atoms with E-state index in [1.165, 1.54) is 18.2 Å². The van der Waals surface area contributed by atoms with E-state index in [9.17, 15) is 24.1 Å². The molecule has 2 heterocycles. The van der Waals surface area contributed by atoms with Gasteiger partial charge >= 0.3 is 5.97 Å². The van der Waals surface area contributed by atoms with Crippen LogP contribution < -0.4 is 5.32 Å². The monoisotopic (exact) mass is 520 g/mol. The predicted octanol–water partition coefficient (Wildman–Crippen LogP) is 5.13. The van der Waals surface area contributed by atoms with Gasteiger partial charge in [-0.1, -0.05) is 24.3 Å². The molecule has 5 rings (SSSR count). The van der Waals surface area contributed by atoms with E-state index in [0.717, 1.165) is 18.4 Å². The number of hydrogen-bond donors (Lipinski definition) is 1. The highest BCUT2D eigenvalue weighted by Gasteiger charge is 2.42. The van der Waals surface area contributed by atoms with Crippen molar-refractivity contribution in [2.24, 2.45) is 0 Å². The van der Waals surface area contributed by atoms with Crippen LogP contribution in [0.15, 0.2) is 65.0 Å². The summed E-state index contributed by atoms with van der Waals surface area (Å²) in [5.41, 5.74) is 3.59. The number of hydrogen-bond acceptors (Lipinski definition) is 7. The molecule has 1 fully saturated rings. The first-order valence-corrected chi connectivity index (χ1v) is 12.8. The molecule has 1 N–H and O–H groups in total. The summed E-state index contributed by atoms with van der Waals surface area (Å²) in [5.74, 6) is -2.08. The zero-order valence-electron chi connectivity index (χ0n) is 21.3. The minimum atomic E-state index is -0.816. The Bertz CT molecular complexity index is 1360. The lowest BCUT2D eigenvalue weighted by Gasteiger charge is -2.36. The quantitative estimate of drug-likeness (QED) is 0.320. The van der Waals surface area contributed by atoms with Gasteiger partial charge in [0.2, 0.25) is 0 Å². The number of nitrogens with zero attached hydrogens (tertiary/aromatic N) is 1. The third kappa shape index (κ3) is 4.98. The highest BCUT2D eigenvalue weighted by atomic mass is 19.1. The highest BCUT2D eigenvalue weighted by Crippen LogP contribution is 2.46. The number of rotatable bonds is 6. The summed E-state index contributed by atoms with van der Waals surface area (Å²) in [6.45, 7) is 4.12. The van der Waals surface area contributed by atoms with E-state index in [0.29, 0.717) is 41.1 Å². The van der Waals surface area contributed by atoms with Gasteiger partial charge in [0, 0.05) is 47.5 Å². The van der Waals surface area contributed by atoms with Crippen LogP contribution in [0.3, 0.4) is 0 Å². The predicted molar refractivity (Wildman–Crippen MR) is 137 cm³/mol. The molecular formula is C29H29FN2O6. The van der Waals surface area contributed by atoms with Crippen molar-refractivity contribution < 1.29 is 28.4 Å². The average molecular weight is 521 g/mol. The van der Waals surface area contributed by atoms with Crippen molar-refractivity contribution in [2.45, 2.75) is 57.5 Å². The maximum absolute atomic E-state index is 13.7. The lowest BCUT2D eigenvalue weighted by atomic mass is 9.71. The normalized spacial score (nSPS) is 23.2. The molecule has 0 bridgehead atoms. The molecule has 2 aliphatic heterocycles. The summed E-state index contributed by atoms with van der Waals surface area (Å²) < 4.78 is 24.7. The molecule has 198 valence electrons. The van der Waals surface area contributed by atoms with Crippen LogP contribution in [0.25, 0.3) is 0 Å². The molecule has 1 saturated heterocycles. The molecule has 1 aliphatic carbocycles. The number of dihydropyridines is 1. The molecule has 0 saturated carbocycles. The van der Waals surface area contributed by atoms with Gasteiger partial charge in [0.1, 0.15) is 12.4 Å². The number of esters is 1. The Hall–Kier alpha value is -3.85. The van der Waals surface area contributed by atoms with Gasteiger partial charge in [0.15, 0.2) is 5.78 Å². The van der Waals surface area contributed by atoms with Gasteiger partial charge < -0.3 is 14.8 Å². The smallest absolute Gasteiger partial charge is 0.336 e. The molecule has 0 spiro atoms. The van der Waals surface area contributed by atoms with E-state index in [4.69, 9.17) is 9.47 Å². The summed E-state index contributed by atoms with van der Waals surface area (Å²) in [7, 11) is 0. The van der Waals surface area contributed by atoms with Gasteiger partial charge in [0.25, 0.3) is 5.69 Å². The zero-order valence-corrected chi connectivity index (χ0v) is 21.3. The summed E-state index contributed by atoms with van der Waals surface area (Å²) in [4.78, 5) is 38.4. The maximum Gasteiger partial charge on any atom is 0.336 e. The third-order valence-corrected chi connectivity index (χ3v) is 7.58. The first kappa shape index (κ1) is 25.8. The van der Waals surface area contributed by atoms with Gasteiger partial charge in [-0.15, -0.1) is 0 Å². The number of nitro groups is 1. The largest absolute Gasteiger partial charge is 0.459 e. The van der Waals surface area contributed by atoms with Gasteiger partial charge in [-0.25, -0.2) is 9.18 Å². The summed E-state index contributed by atoms with van der Waals surface area (Å²) in [6, 6.07) is 10.9. The van der Waals surface area contributed by atoms with Crippen molar-refractivity contribution in [2.75, 3.05) is 13.2 Å². The third-order valence-electron chi connectivity index (χ3n) is 7.58. The van der Waals surface area contributed by atoms with Crippen LogP contribution in [0.2, 0.25) is 0 Å². The van der Waals surface area contributed by atoms with Gasteiger partial charge in [0.05, 0.1) is 16.6 Å². The van der Waals surface area contributed by atoms with Gasteiger partial charge in [-0.05, 0) is 62.3 Å². The maximum atomic E-state index is 13.7. The number of aryl methyl sites for hydroxylation is 1. The Balaban J connectivity index is 1.55. The number of ketones is 1. The van der Waals surface area contributed by atoms with Crippen LogP contribution in [-0.4, -0.2) is 36.0 Å². The summed E-state index contributed by atoms with van der Waals surface area (Å²) >= 11 is 0. The molecule has 0 amide bonds. The topological polar surface area (TPSA) is 108 Å². The molecule has 0 aromatic heterocycles. The van der Waals surface area contributed by atoms with Gasteiger partial charge in [-0.3, -0.25) is 14.9 Å². The number of halogens is 1. The Labute approximate surface area is 219 Å². The molecule has 3 atom stereocenters. The van der Waals surface area contributed by atoms with Crippen LogP contribution in [0.4, 0.5) is 10.1 Å². The number of carbonyl (C=O) groups is 2. The zero-order chi connectivity index (χ0) is 27.0. The second kappa shape index (κ2) is 10.5. The number of carbonyl (C=O) groups excluding carboxylic acids is 2. The molecule has 0 unspecified atom stereocenters. The van der Waals surface area contributed by atoms with E-state index in [-0.39, 0.29) is 47.9 Å². The fourth-order valence-electron chi connectivity index (χ4n) is 5.64. The molecule has 9 heteroatoms. The van der Waals surface area contributed by atoms with Crippen molar-refractivity contribution in [1.82, 2.24) is 5.32 Å². The minimum Gasteiger partial charge on any atom is -0.459 e. The van der Waals surface area contributed by atoms with E-state index in [2.05, 4.69) is 5.32 Å². The fourth-order valence-corrected chi connectivity index (χ4v) is 5.64. The van der Waals surface area contributed by atoms with Gasteiger partial charge in [-0.2, -0.15) is 0 Å². The van der Waals surface area contributed by atoms with Crippen molar-refractivity contribution in [1.29, 1.82) is 0 Å². The lowest BCUT2D eigenvalue weighted by Crippen LogP contribution is -2.36. The molecule has 3 aliphatic rings. The second-order valence-corrected chi connectivity index (χ2v) is 10.1. The number of Topliss-reactive ketones (excluding diaryl/α,β-unsaturated/α-hetero) is 1. The molecule has 8 nitrogen and oxygen atoms in total. The molecule has 2 aromatic carbocycles. The Kier molecular flexibility index (Phi) is 7.12. The van der Waals surface area contributed by atoms with Crippen LogP contribution in [-0.2, 0) is 19.1 Å². The first-order valence-electron chi connectivity index (χ1n) is 12.8. The standard InChI is InChI=1S/C29H29FN2O6/c1-16-5-6-19(13-24(16)32(35)36)27-26(29(34)38-15-22-4-3-11-37-22)17(2)31-23-12-20(14-25(33)28(23)27)18-7-9-21(30)10-8-18/h5-10,13,20,22,27,31H,3-4,11-12,14-15H2,1-2H3/t20-,22+,27+/m1/s1.